The van der Waals surface area contributed by atoms with E-state index in [-0.39, 0.29) is 52.1 Å². The van der Waals surface area contributed by atoms with Crippen LogP contribution in [-0.2, 0) is 9.53 Å². The van der Waals surface area contributed by atoms with Crippen LogP contribution >= 0.6 is 11.6 Å². The number of fused-ring (bicyclic) bond motifs is 1. The van der Waals surface area contributed by atoms with Crippen LogP contribution in [0.1, 0.15) is 17.3 Å². The molecule has 3 aromatic rings. The first kappa shape index (κ1) is 21.6. The molecule has 0 saturated heterocycles. The van der Waals surface area contributed by atoms with Gasteiger partial charge in [0.05, 0.1) is 23.2 Å². The van der Waals surface area contributed by atoms with Gasteiger partial charge in [0, 0.05) is 25.3 Å². The van der Waals surface area contributed by atoms with Gasteiger partial charge in [0.2, 0.25) is 0 Å². The molecule has 3 rings (SSSR count). The Balaban J connectivity index is 2.32. The lowest BCUT2D eigenvalue weighted by atomic mass is 10.0. The molecule has 0 aliphatic carbocycles. The number of furan rings is 1. The van der Waals surface area contributed by atoms with Gasteiger partial charge in [-0.1, -0.05) is 11.6 Å². The maximum atomic E-state index is 13.3. The molecule has 0 unspecified atom stereocenters. The van der Waals surface area contributed by atoms with Crippen molar-refractivity contribution >= 4 is 40.1 Å². The topological polar surface area (TPSA) is 89.2 Å². The van der Waals surface area contributed by atoms with E-state index < -0.39 is 11.8 Å². The van der Waals surface area contributed by atoms with E-state index in [0.717, 1.165) is 0 Å². The Bertz CT molecular complexity index is 1110. The Morgan fingerprint density at radius 1 is 1.23 bits per heavy atom. The van der Waals surface area contributed by atoms with Crippen molar-refractivity contribution < 1.29 is 33.0 Å². The number of benzene rings is 2. The number of amides is 1. The number of carbonyl (C=O) groups is 2. The molecule has 1 aromatic heterocycles. The number of ether oxygens (including phenoxy) is 2. The average Bonchev–Trinajstić information content (AvgIpc) is 3.09. The van der Waals surface area contributed by atoms with E-state index >= 15 is 0 Å². The summed E-state index contributed by atoms with van der Waals surface area (Å²) < 4.78 is 29.5. The van der Waals surface area contributed by atoms with E-state index in [0.29, 0.717) is 11.3 Å². The van der Waals surface area contributed by atoms with E-state index in [9.17, 15) is 19.1 Å². The van der Waals surface area contributed by atoms with Gasteiger partial charge in [0.1, 0.15) is 29.3 Å². The van der Waals surface area contributed by atoms with Crippen LogP contribution in [-0.4, -0.2) is 44.4 Å². The maximum Gasteiger partial charge on any atom is 0.340 e. The minimum Gasteiger partial charge on any atom is -0.493 e. The van der Waals surface area contributed by atoms with Gasteiger partial charge in [0.15, 0.2) is 5.75 Å². The SMILES string of the molecule is CCN(C(=O)COC)c1cc2oc(-c3ccc(F)cc3)c(C(=O)O)c2c(Cl)c1OC. The van der Waals surface area contributed by atoms with Crippen molar-refractivity contribution in [2.75, 3.05) is 32.3 Å². The largest absolute Gasteiger partial charge is 0.493 e. The zero-order valence-corrected chi connectivity index (χ0v) is 17.2. The molecule has 7 nitrogen and oxygen atoms in total. The second kappa shape index (κ2) is 8.73. The fourth-order valence-electron chi connectivity index (χ4n) is 3.27. The van der Waals surface area contributed by atoms with E-state index in [4.69, 9.17) is 25.5 Å². The van der Waals surface area contributed by atoms with Gasteiger partial charge < -0.3 is 23.9 Å². The zero-order chi connectivity index (χ0) is 22.0. The van der Waals surface area contributed by atoms with Gasteiger partial charge >= 0.3 is 5.97 Å². The Hall–Kier alpha value is -3.10. The monoisotopic (exact) mass is 435 g/mol. The Kier molecular flexibility index (Phi) is 6.28. The van der Waals surface area contributed by atoms with Gasteiger partial charge in [-0.2, -0.15) is 0 Å². The summed E-state index contributed by atoms with van der Waals surface area (Å²) in [5.74, 6) is -1.93. The van der Waals surface area contributed by atoms with Gasteiger partial charge in [0.25, 0.3) is 5.91 Å². The fourth-order valence-corrected chi connectivity index (χ4v) is 3.63. The van der Waals surface area contributed by atoms with Crippen molar-refractivity contribution in [3.8, 4) is 17.1 Å². The van der Waals surface area contributed by atoms with E-state index in [2.05, 4.69) is 0 Å². The molecule has 1 N–H and O–H groups in total. The number of methoxy groups -OCH3 is 2. The van der Waals surface area contributed by atoms with Crippen LogP contribution in [0.25, 0.3) is 22.3 Å². The molecule has 0 aliphatic heterocycles. The van der Waals surface area contributed by atoms with Crippen LogP contribution in [0, 0.1) is 5.82 Å². The lowest BCUT2D eigenvalue weighted by molar-refractivity contribution is -0.122. The maximum absolute atomic E-state index is 13.3. The molecule has 1 heterocycles. The van der Waals surface area contributed by atoms with Crippen LogP contribution in [0.4, 0.5) is 10.1 Å². The molecule has 0 fully saturated rings. The Morgan fingerprint density at radius 2 is 1.90 bits per heavy atom. The summed E-state index contributed by atoms with van der Waals surface area (Å²) in [5, 5.41) is 9.94. The summed E-state index contributed by atoms with van der Waals surface area (Å²) in [6, 6.07) is 6.71. The molecule has 158 valence electrons. The summed E-state index contributed by atoms with van der Waals surface area (Å²) in [4.78, 5) is 25.9. The van der Waals surface area contributed by atoms with Crippen LogP contribution < -0.4 is 9.64 Å². The lowest BCUT2D eigenvalue weighted by Gasteiger charge is -2.23. The number of rotatable bonds is 7. The Morgan fingerprint density at radius 3 is 2.43 bits per heavy atom. The van der Waals surface area contributed by atoms with Crippen molar-refractivity contribution in [3.63, 3.8) is 0 Å². The third-order valence-corrected chi connectivity index (χ3v) is 4.92. The van der Waals surface area contributed by atoms with Gasteiger partial charge in [-0.15, -0.1) is 0 Å². The first-order valence-corrected chi connectivity index (χ1v) is 9.33. The molecule has 0 spiro atoms. The molecule has 30 heavy (non-hydrogen) atoms. The highest BCUT2D eigenvalue weighted by Crippen LogP contribution is 2.46. The number of hydrogen-bond acceptors (Lipinski definition) is 5. The molecule has 0 aliphatic rings. The number of carbonyl (C=O) groups excluding carboxylic acids is 1. The number of hydrogen-bond donors (Lipinski definition) is 1. The average molecular weight is 436 g/mol. The van der Waals surface area contributed by atoms with Gasteiger partial charge in [-0.05, 0) is 31.2 Å². The fraction of sp³-hybridized carbons (Fsp3) is 0.238. The summed E-state index contributed by atoms with van der Waals surface area (Å²) in [7, 11) is 2.77. The number of nitrogens with zero attached hydrogens (tertiary/aromatic N) is 1. The summed E-state index contributed by atoms with van der Waals surface area (Å²) in [6.45, 7) is 1.89. The molecular weight excluding hydrogens is 417 g/mol. The summed E-state index contributed by atoms with van der Waals surface area (Å²) in [6.07, 6.45) is 0. The highest BCUT2D eigenvalue weighted by Gasteiger charge is 2.29. The highest BCUT2D eigenvalue weighted by atomic mass is 35.5. The van der Waals surface area contributed by atoms with Crippen LogP contribution in [0.2, 0.25) is 5.02 Å². The van der Waals surface area contributed by atoms with Crippen LogP contribution in [0.15, 0.2) is 34.7 Å². The first-order chi connectivity index (χ1) is 14.3. The normalized spacial score (nSPS) is 11.0. The molecule has 0 atom stereocenters. The second-order valence-corrected chi connectivity index (χ2v) is 6.68. The summed E-state index contributed by atoms with van der Waals surface area (Å²) >= 11 is 6.53. The molecule has 9 heteroatoms. The number of carboxylic acid groups (broad SMARTS) is 1. The van der Waals surface area contributed by atoms with E-state index in [1.165, 1.54) is 49.5 Å². The standard InChI is InChI=1S/C21H19ClFNO6/c1-4-24(15(25)10-28-2)13-9-14-16(18(22)20(13)29-3)17(21(26)27)19(30-14)11-5-7-12(23)8-6-11/h5-9H,4,10H2,1-3H3,(H,26,27). The number of anilines is 1. The molecule has 2 aromatic carbocycles. The lowest BCUT2D eigenvalue weighted by Crippen LogP contribution is -2.33. The van der Waals surface area contributed by atoms with Crippen molar-refractivity contribution in [1.82, 2.24) is 0 Å². The van der Waals surface area contributed by atoms with Gasteiger partial charge in [-0.3, -0.25) is 4.79 Å². The van der Waals surface area contributed by atoms with Crippen molar-refractivity contribution in [2.45, 2.75) is 6.92 Å². The smallest absolute Gasteiger partial charge is 0.340 e. The quantitative estimate of drug-likeness (QED) is 0.583. The molecule has 1 amide bonds. The van der Waals surface area contributed by atoms with Crippen molar-refractivity contribution in [3.05, 3.63) is 46.7 Å². The Labute approximate surface area is 176 Å². The molecule has 0 radical (unpaired) electrons. The van der Waals surface area contributed by atoms with Gasteiger partial charge in [-0.25, -0.2) is 9.18 Å². The number of aromatic carboxylic acids is 1. The minimum absolute atomic E-state index is 0.0109. The molecule has 0 saturated carbocycles. The highest BCUT2D eigenvalue weighted by molar-refractivity contribution is 6.39. The predicted octanol–water partition coefficient (Wildman–Crippen LogP) is 4.60. The molecular formula is C21H19ClFNO6. The van der Waals surface area contributed by atoms with E-state index in [1.54, 1.807) is 6.92 Å². The first-order valence-electron chi connectivity index (χ1n) is 8.95. The predicted molar refractivity (Wildman–Crippen MR) is 110 cm³/mol. The second-order valence-electron chi connectivity index (χ2n) is 6.31. The number of carboxylic acids is 1. The van der Waals surface area contributed by atoms with Crippen molar-refractivity contribution in [1.29, 1.82) is 0 Å². The van der Waals surface area contributed by atoms with Crippen molar-refractivity contribution in [2.24, 2.45) is 0 Å². The van der Waals surface area contributed by atoms with Crippen LogP contribution in [0.3, 0.4) is 0 Å². The molecule has 0 bridgehead atoms. The van der Waals surface area contributed by atoms with Crippen LogP contribution in [0.5, 0.6) is 5.75 Å². The minimum atomic E-state index is -1.27. The third-order valence-electron chi connectivity index (χ3n) is 4.56. The third kappa shape index (κ3) is 3.71. The number of halogens is 2. The number of likely N-dealkylation sites (N-methyl/N-ethyl adjacent to an activating group) is 1. The zero-order valence-electron chi connectivity index (χ0n) is 16.5. The summed E-state index contributed by atoms with van der Waals surface area (Å²) in [5.41, 5.74) is 0.647. The van der Waals surface area contributed by atoms with E-state index in [1.807, 2.05) is 0 Å².